The third kappa shape index (κ3) is 2.64. The molecule has 2 rings (SSSR count). The van der Waals surface area contributed by atoms with Crippen LogP contribution in [0.25, 0.3) is 0 Å². The van der Waals surface area contributed by atoms with Crippen LogP contribution in [-0.2, 0) is 11.5 Å². The number of aliphatic hydroxyl groups is 5. The first-order valence-electron chi connectivity index (χ1n) is 6.16. The van der Waals surface area contributed by atoms with Gasteiger partial charge in [-0.05, 0) is 0 Å². The van der Waals surface area contributed by atoms with E-state index in [9.17, 15) is 24.9 Å². The van der Waals surface area contributed by atoms with Crippen molar-refractivity contribution in [3.05, 3.63) is 32.6 Å². The topological polar surface area (TPSA) is 165 Å². The molecule has 10 heteroatoms. The number of aromatic amines is 1. The van der Waals surface area contributed by atoms with Crippen LogP contribution in [0.15, 0.2) is 15.8 Å². The highest BCUT2D eigenvalue weighted by atomic mass is 16.5. The molecule has 1 aromatic rings. The van der Waals surface area contributed by atoms with Crippen LogP contribution >= 0.6 is 0 Å². The van der Waals surface area contributed by atoms with Crippen molar-refractivity contribution in [1.82, 2.24) is 9.55 Å². The average Bonchev–Trinajstić information content (AvgIpc) is 2.47. The van der Waals surface area contributed by atoms with Gasteiger partial charge in [-0.3, -0.25) is 4.79 Å². The van der Waals surface area contributed by atoms with Crippen LogP contribution in [0.3, 0.4) is 0 Å². The van der Waals surface area contributed by atoms with Crippen molar-refractivity contribution in [3.63, 3.8) is 0 Å². The molecule has 0 aromatic carbocycles. The van der Waals surface area contributed by atoms with Gasteiger partial charge in [0, 0.05) is 6.20 Å². The molecule has 0 bridgehead atoms. The molecule has 1 aromatic heterocycles. The molecule has 118 valence electrons. The maximum atomic E-state index is 12.0. The van der Waals surface area contributed by atoms with Crippen molar-refractivity contribution >= 4 is 0 Å². The minimum absolute atomic E-state index is 0.222. The van der Waals surface area contributed by atoms with Gasteiger partial charge in [0.15, 0.2) is 0 Å². The second-order valence-electron chi connectivity index (χ2n) is 4.67. The normalized spacial score (nSPS) is 33.1. The Morgan fingerprint density at radius 3 is 2.38 bits per heavy atom. The Bertz CT molecular complexity index is 609. The minimum Gasteiger partial charge on any atom is -0.394 e. The van der Waals surface area contributed by atoms with Gasteiger partial charge in [-0.1, -0.05) is 0 Å². The molecule has 21 heavy (non-hydrogen) atoms. The van der Waals surface area contributed by atoms with Crippen molar-refractivity contribution < 1.29 is 30.3 Å². The predicted octanol–water partition coefficient (Wildman–Crippen LogP) is -4.00. The molecule has 6 N–H and O–H groups in total. The number of nitrogens with zero attached hydrogens (tertiary/aromatic N) is 1. The first kappa shape index (κ1) is 15.8. The zero-order chi connectivity index (χ0) is 15.7. The molecular weight excluding hydrogens is 288 g/mol. The van der Waals surface area contributed by atoms with E-state index in [4.69, 9.17) is 14.9 Å². The van der Waals surface area contributed by atoms with Gasteiger partial charge in [0.1, 0.15) is 37.3 Å². The van der Waals surface area contributed by atoms with Crippen LogP contribution < -0.4 is 11.2 Å². The van der Waals surface area contributed by atoms with E-state index in [0.717, 1.165) is 6.20 Å². The summed E-state index contributed by atoms with van der Waals surface area (Å²) in [4.78, 5) is 25.6. The summed E-state index contributed by atoms with van der Waals surface area (Å²) in [6, 6.07) is 0. The average molecular weight is 304 g/mol. The van der Waals surface area contributed by atoms with E-state index in [0.29, 0.717) is 4.57 Å². The number of aliphatic hydroxyl groups excluding tert-OH is 5. The first-order valence-corrected chi connectivity index (χ1v) is 6.16. The number of hydrogen-bond acceptors (Lipinski definition) is 8. The van der Waals surface area contributed by atoms with Gasteiger partial charge in [0.2, 0.25) is 0 Å². The Morgan fingerprint density at radius 1 is 1.14 bits per heavy atom. The van der Waals surface area contributed by atoms with E-state index in [-0.39, 0.29) is 5.56 Å². The summed E-state index contributed by atoms with van der Waals surface area (Å²) in [6.45, 7) is -1.52. The van der Waals surface area contributed by atoms with Crippen LogP contribution in [-0.4, -0.2) is 66.1 Å². The van der Waals surface area contributed by atoms with E-state index < -0.39 is 55.1 Å². The van der Waals surface area contributed by atoms with Gasteiger partial charge >= 0.3 is 5.69 Å². The molecule has 0 spiro atoms. The maximum absolute atomic E-state index is 12.0. The van der Waals surface area contributed by atoms with E-state index in [1.165, 1.54) is 0 Å². The Morgan fingerprint density at radius 2 is 1.81 bits per heavy atom. The predicted molar refractivity (Wildman–Crippen MR) is 66.3 cm³/mol. The fourth-order valence-corrected chi connectivity index (χ4v) is 2.22. The standard InChI is InChI=1S/C11H16N2O8/c14-2-5-6(16)7(17)8(18)9(21-5)4-1-12-11(20)13(3-15)10(4)19/h1,5-9,14-18H,2-3H2,(H,12,20)/t5-,6-,7+,8-,9+/m1/s1. The Balaban J connectivity index is 2.46. The van der Waals surface area contributed by atoms with E-state index >= 15 is 0 Å². The summed E-state index contributed by atoms with van der Waals surface area (Å²) in [5, 5.41) is 47.3. The van der Waals surface area contributed by atoms with E-state index in [1.54, 1.807) is 0 Å². The Labute approximate surface area is 117 Å². The van der Waals surface area contributed by atoms with Crippen molar-refractivity contribution in [2.45, 2.75) is 37.3 Å². The minimum atomic E-state index is -1.64. The lowest BCUT2D eigenvalue weighted by Gasteiger charge is -2.39. The van der Waals surface area contributed by atoms with Gasteiger partial charge in [0.05, 0.1) is 12.2 Å². The van der Waals surface area contributed by atoms with Crippen LogP contribution in [0.4, 0.5) is 0 Å². The lowest BCUT2D eigenvalue weighted by atomic mass is 9.92. The van der Waals surface area contributed by atoms with Gasteiger partial charge in [-0.15, -0.1) is 0 Å². The third-order valence-corrected chi connectivity index (χ3v) is 3.43. The second-order valence-corrected chi connectivity index (χ2v) is 4.67. The summed E-state index contributed by atoms with van der Waals surface area (Å²) in [7, 11) is 0. The third-order valence-electron chi connectivity index (χ3n) is 3.43. The van der Waals surface area contributed by atoms with Crippen LogP contribution in [0, 0.1) is 0 Å². The smallest absolute Gasteiger partial charge is 0.330 e. The zero-order valence-electron chi connectivity index (χ0n) is 10.8. The summed E-state index contributed by atoms with van der Waals surface area (Å²) < 4.78 is 5.68. The molecule has 0 aliphatic carbocycles. The number of nitrogens with one attached hydrogen (secondary N) is 1. The van der Waals surface area contributed by atoms with Gasteiger partial charge in [-0.25, -0.2) is 9.36 Å². The monoisotopic (exact) mass is 304 g/mol. The fraction of sp³-hybridized carbons (Fsp3) is 0.636. The lowest BCUT2D eigenvalue weighted by molar-refractivity contribution is -0.232. The quantitative estimate of drug-likeness (QED) is 0.329. The molecule has 0 unspecified atom stereocenters. The SMILES string of the molecule is O=c1[nH]cc([C@@H]2O[C@H](CO)[C@@H](O)[C@H](O)[C@H]2O)c(=O)n1CO. The number of hydrogen-bond donors (Lipinski definition) is 6. The van der Waals surface area contributed by atoms with Crippen LogP contribution in [0.5, 0.6) is 0 Å². The largest absolute Gasteiger partial charge is 0.394 e. The molecule has 1 fully saturated rings. The molecule has 0 saturated carbocycles. The maximum Gasteiger partial charge on any atom is 0.330 e. The van der Waals surface area contributed by atoms with Crippen LogP contribution in [0.1, 0.15) is 11.7 Å². The Kier molecular flexibility index (Phi) is 4.56. The summed E-state index contributed by atoms with van der Waals surface area (Å²) in [5.74, 6) is 0. The highest BCUT2D eigenvalue weighted by molar-refractivity contribution is 5.13. The van der Waals surface area contributed by atoms with Crippen molar-refractivity contribution in [1.29, 1.82) is 0 Å². The molecule has 1 aliphatic rings. The zero-order valence-corrected chi connectivity index (χ0v) is 10.8. The summed E-state index contributed by atoms with van der Waals surface area (Å²) in [5.41, 5.74) is -1.98. The van der Waals surface area contributed by atoms with Crippen molar-refractivity contribution in [2.75, 3.05) is 6.61 Å². The number of rotatable bonds is 3. The molecule has 10 nitrogen and oxygen atoms in total. The van der Waals surface area contributed by atoms with Gasteiger partial charge < -0.3 is 35.3 Å². The van der Waals surface area contributed by atoms with E-state index in [1.807, 2.05) is 0 Å². The number of H-pyrrole nitrogens is 1. The highest BCUT2D eigenvalue weighted by Gasteiger charge is 2.45. The molecule has 2 heterocycles. The summed E-state index contributed by atoms with van der Waals surface area (Å²) >= 11 is 0. The number of ether oxygens (including phenoxy) is 1. The van der Waals surface area contributed by atoms with Gasteiger partial charge in [-0.2, -0.15) is 0 Å². The van der Waals surface area contributed by atoms with Crippen molar-refractivity contribution in [3.8, 4) is 0 Å². The highest BCUT2D eigenvalue weighted by Crippen LogP contribution is 2.30. The second kappa shape index (κ2) is 6.05. The molecule has 1 aliphatic heterocycles. The van der Waals surface area contributed by atoms with Crippen molar-refractivity contribution in [2.24, 2.45) is 0 Å². The molecular formula is C11H16N2O8. The first-order chi connectivity index (χ1) is 9.92. The lowest BCUT2D eigenvalue weighted by Crippen LogP contribution is -2.56. The van der Waals surface area contributed by atoms with Gasteiger partial charge in [0.25, 0.3) is 5.56 Å². The molecule has 1 saturated heterocycles. The molecule has 0 radical (unpaired) electrons. The molecule has 0 amide bonds. The fourth-order valence-electron chi connectivity index (χ4n) is 2.22. The summed E-state index contributed by atoms with van der Waals surface area (Å²) in [6.07, 6.45) is -6.40. The van der Waals surface area contributed by atoms with Crippen LogP contribution in [0.2, 0.25) is 0 Å². The number of aromatic nitrogens is 2. The molecule has 5 atom stereocenters. The van der Waals surface area contributed by atoms with E-state index in [2.05, 4.69) is 4.98 Å². The Hall–Kier alpha value is -1.56.